The van der Waals surface area contributed by atoms with Gasteiger partial charge in [0.25, 0.3) is 11.8 Å². The van der Waals surface area contributed by atoms with E-state index in [0.29, 0.717) is 42.5 Å². The number of hydrogen-bond donors (Lipinski definition) is 0. The zero-order chi connectivity index (χ0) is 21.7. The van der Waals surface area contributed by atoms with Crippen LogP contribution in [0.15, 0.2) is 36.7 Å². The molecule has 0 saturated heterocycles. The standard InChI is InChI=1S/C23H32N4O3/c1-17(2)13-19-16-30-21-10-6-5-9-20(21)23(29)25(3)11-7-8-12-27(19)22(28)18-14-24-26(4)15-18/h5-6,9-10,14-15,17,19H,7-8,11-13,16H2,1-4H3/t19-/m0/s1. The van der Waals surface area contributed by atoms with Crippen molar-refractivity contribution in [3.63, 3.8) is 0 Å². The molecule has 0 radical (unpaired) electrons. The fourth-order valence-electron chi connectivity index (χ4n) is 3.87. The predicted octanol–water partition coefficient (Wildman–Crippen LogP) is 3.22. The summed E-state index contributed by atoms with van der Waals surface area (Å²) in [5.41, 5.74) is 1.15. The highest BCUT2D eigenvalue weighted by molar-refractivity contribution is 5.96. The van der Waals surface area contributed by atoms with Crippen molar-refractivity contribution in [1.29, 1.82) is 0 Å². The molecule has 2 aromatic rings. The van der Waals surface area contributed by atoms with Crippen molar-refractivity contribution in [3.05, 3.63) is 47.8 Å². The van der Waals surface area contributed by atoms with E-state index < -0.39 is 0 Å². The van der Waals surface area contributed by atoms with Gasteiger partial charge in [-0.25, -0.2) is 0 Å². The maximum absolute atomic E-state index is 13.3. The Hall–Kier alpha value is -2.83. The first-order valence-electron chi connectivity index (χ1n) is 10.6. The Labute approximate surface area is 178 Å². The van der Waals surface area contributed by atoms with Crippen LogP contribution in [0.4, 0.5) is 0 Å². The second-order valence-electron chi connectivity index (χ2n) is 8.43. The highest BCUT2D eigenvalue weighted by Crippen LogP contribution is 2.23. The first-order valence-corrected chi connectivity index (χ1v) is 10.6. The molecule has 1 aliphatic rings. The van der Waals surface area contributed by atoms with Crippen LogP contribution in [0, 0.1) is 5.92 Å². The molecule has 0 saturated carbocycles. The first-order chi connectivity index (χ1) is 14.4. The van der Waals surface area contributed by atoms with Crippen LogP contribution >= 0.6 is 0 Å². The Balaban J connectivity index is 1.92. The molecule has 0 spiro atoms. The number of fused-ring (bicyclic) bond motifs is 1. The van der Waals surface area contributed by atoms with E-state index in [1.165, 1.54) is 0 Å². The molecule has 0 unspecified atom stereocenters. The third kappa shape index (κ3) is 5.20. The monoisotopic (exact) mass is 412 g/mol. The number of rotatable bonds is 3. The number of aromatic nitrogens is 2. The molecule has 7 heteroatoms. The summed E-state index contributed by atoms with van der Waals surface area (Å²) < 4.78 is 7.80. The molecule has 3 rings (SSSR count). The average Bonchev–Trinajstić information content (AvgIpc) is 3.16. The van der Waals surface area contributed by atoms with Gasteiger partial charge in [-0.05, 0) is 37.3 Å². The van der Waals surface area contributed by atoms with E-state index in [4.69, 9.17) is 4.74 Å². The minimum atomic E-state index is -0.0852. The molecule has 7 nitrogen and oxygen atoms in total. The van der Waals surface area contributed by atoms with Crippen LogP contribution in [-0.4, -0.2) is 64.2 Å². The van der Waals surface area contributed by atoms with Crippen LogP contribution in [0.3, 0.4) is 0 Å². The fourth-order valence-corrected chi connectivity index (χ4v) is 3.87. The van der Waals surface area contributed by atoms with E-state index in [1.807, 2.05) is 37.2 Å². The minimum Gasteiger partial charge on any atom is -0.491 e. The minimum absolute atomic E-state index is 0.0212. The van der Waals surface area contributed by atoms with E-state index in [9.17, 15) is 9.59 Å². The summed E-state index contributed by atoms with van der Waals surface area (Å²) in [4.78, 5) is 29.8. The predicted molar refractivity (Wildman–Crippen MR) is 116 cm³/mol. The summed E-state index contributed by atoms with van der Waals surface area (Å²) in [6, 6.07) is 7.26. The van der Waals surface area contributed by atoms with Crippen molar-refractivity contribution in [2.24, 2.45) is 13.0 Å². The van der Waals surface area contributed by atoms with Gasteiger partial charge in [-0.2, -0.15) is 5.10 Å². The van der Waals surface area contributed by atoms with Crippen LogP contribution in [-0.2, 0) is 7.05 Å². The molecule has 1 aromatic carbocycles. The summed E-state index contributed by atoms with van der Waals surface area (Å²) in [5, 5.41) is 4.16. The first kappa shape index (κ1) is 21.9. The molecule has 1 aliphatic heterocycles. The Morgan fingerprint density at radius 1 is 1.20 bits per heavy atom. The van der Waals surface area contributed by atoms with Crippen molar-refractivity contribution in [1.82, 2.24) is 19.6 Å². The third-order valence-corrected chi connectivity index (χ3v) is 5.43. The maximum Gasteiger partial charge on any atom is 0.257 e. The van der Waals surface area contributed by atoms with E-state index in [1.54, 1.807) is 28.0 Å². The van der Waals surface area contributed by atoms with E-state index in [0.717, 1.165) is 19.3 Å². The Morgan fingerprint density at radius 2 is 1.93 bits per heavy atom. The van der Waals surface area contributed by atoms with E-state index in [-0.39, 0.29) is 17.9 Å². The average molecular weight is 413 g/mol. The molecule has 30 heavy (non-hydrogen) atoms. The second kappa shape index (κ2) is 9.78. The highest BCUT2D eigenvalue weighted by atomic mass is 16.5. The quantitative estimate of drug-likeness (QED) is 0.776. The Morgan fingerprint density at radius 3 is 2.63 bits per heavy atom. The number of carbonyl (C=O) groups is 2. The number of ether oxygens (including phenoxy) is 1. The normalized spacial score (nSPS) is 18.4. The molecule has 2 heterocycles. The van der Waals surface area contributed by atoms with Crippen LogP contribution < -0.4 is 4.74 Å². The molecule has 0 aliphatic carbocycles. The van der Waals surface area contributed by atoms with Crippen molar-refractivity contribution in [3.8, 4) is 5.75 Å². The smallest absolute Gasteiger partial charge is 0.257 e. The summed E-state index contributed by atoms with van der Waals surface area (Å²) in [6.45, 7) is 5.90. The number of hydrogen-bond acceptors (Lipinski definition) is 4. The Kier molecular flexibility index (Phi) is 7.13. The van der Waals surface area contributed by atoms with Crippen molar-refractivity contribution >= 4 is 11.8 Å². The molecule has 0 fully saturated rings. The van der Waals surface area contributed by atoms with Crippen LogP contribution in [0.25, 0.3) is 0 Å². The van der Waals surface area contributed by atoms with Gasteiger partial charge in [-0.3, -0.25) is 14.3 Å². The van der Waals surface area contributed by atoms with Gasteiger partial charge in [0.2, 0.25) is 0 Å². The highest BCUT2D eigenvalue weighted by Gasteiger charge is 2.28. The molecule has 1 atom stereocenters. The number of carbonyl (C=O) groups excluding carboxylic acids is 2. The van der Waals surface area contributed by atoms with Gasteiger partial charge in [-0.15, -0.1) is 0 Å². The van der Waals surface area contributed by atoms with Crippen molar-refractivity contribution in [2.45, 2.75) is 39.2 Å². The van der Waals surface area contributed by atoms with E-state index in [2.05, 4.69) is 18.9 Å². The van der Waals surface area contributed by atoms with E-state index >= 15 is 0 Å². The van der Waals surface area contributed by atoms with Gasteiger partial charge in [0.15, 0.2) is 0 Å². The molecule has 1 aromatic heterocycles. The third-order valence-electron chi connectivity index (χ3n) is 5.43. The van der Waals surface area contributed by atoms with Gasteiger partial charge in [-0.1, -0.05) is 26.0 Å². The lowest BCUT2D eigenvalue weighted by molar-refractivity contribution is 0.0559. The van der Waals surface area contributed by atoms with Crippen molar-refractivity contribution in [2.75, 3.05) is 26.7 Å². The molecule has 162 valence electrons. The second-order valence-corrected chi connectivity index (χ2v) is 8.43. The molecular weight excluding hydrogens is 380 g/mol. The number of nitrogens with zero attached hydrogens (tertiary/aromatic N) is 4. The summed E-state index contributed by atoms with van der Waals surface area (Å²) >= 11 is 0. The lowest BCUT2D eigenvalue weighted by atomic mass is 10.0. The summed E-state index contributed by atoms with van der Waals surface area (Å²) in [5.74, 6) is 0.915. The van der Waals surface area contributed by atoms with Gasteiger partial charge in [0.1, 0.15) is 12.4 Å². The SMILES string of the molecule is CC(C)C[C@H]1COc2ccccc2C(=O)N(C)CCCCN1C(=O)c1cnn(C)c1. The number of benzene rings is 1. The topological polar surface area (TPSA) is 67.7 Å². The zero-order valence-corrected chi connectivity index (χ0v) is 18.4. The van der Waals surface area contributed by atoms with Crippen LogP contribution in [0.2, 0.25) is 0 Å². The summed E-state index contributed by atoms with van der Waals surface area (Å²) in [7, 11) is 3.62. The van der Waals surface area contributed by atoms with Gasteiger partial charge in [0, 0.05) is 33.4 Å². The number of amides is 2. The van der Waals surface area contributed by atoms with Crippen LogP contribution in [0.5, 0.6) is 5.75 Å². The summed E-state index contributed by atoms with van der Waals surface area (Å²) in [6.07, 6.45) is 5.85. The lowest BCUT2D eigenvalue weighted by Gasteiger charge is -2.34. The number of para-hydroxylation sites is 1. The maximum atomic E-state index is 13.3. The number of aryl methyl sites for hydroxylation is 1. The zero-order valence-electron chi connectivity index (χ0n) is 18.4. The largest absolute Gasteiger partial charge is 0.491 e. The molecule has 0 N–H and O–H groups in total. The lowest BCUT2D eigenvalue weighted by Crippen LogP contribution is -2.45. The van der Waals surface area contributed by atoms with Crippen LogP contribution in [0.1, 0.15) is 53.8 Å². The molecular formula is C23H32N4O3. The van der Waals surface area contributed by atoms with Gasteiger partial charge in [0.05, 0.1) is 23.4 Å². The Bertz CT molecular complexity index is 877. The van der Waals surface area contributed by atoms with Crippen molar-refractivity contribution < 1.29 is 14.3 Å². The van der Waals surface area contributed by atoms with Gasteiger partial charge >= 0.3 is 0 Å². The molecule has 2 amide bonds. The fraction of sp³-hybridized carbons (Fsp3) is 0.522. The van der Waals surface area contributed by atoms with Gasteiger partial charge < -0.3 is 14.5 Å². The molecule has 0 bridgehead atoms.